The second-order valence-electron chi connectivity index (χ2n) is 9.16. The third-order valence-electron chi connectivity index (χ3n) is 4.81. The first-order valence-corrected chi connectivity index (χ1v) is 13.2. The van der Waals surface area contributed by atoms with Gasteiger partial charge in [0.2, 0.25) is 0 Å². The van der Waals surface area contributed by atoms with Gasteiger partial charge in [-0.2, -0.15) is 0 Å². The molecule has 2 aromatic heterocycles. The number of nitrogens with zero attached hydrogens (tertiary/aromatic N) is 4. The summed E-state index contributed by atoms with van der Waals surface area (Å²) >= 11 is 0. The molecular formula is C24H35N7O6P+. The van der Waals surface area contributed by atoms with Crippen molar-refractivity contribution in [3.63, 3.8) is 0 Å². The van der Waals surface area contributed by atoms with Crippen molar-refractivity contribution < 1.29 is 28.4 Å². The number of benzene rings is 1. The zero-order chi connectivity index (χ0) is 28.5. The minimum Gasteiger partial charge on any atom is -0.497 e. The van der Waals surface area contributed by atoms with Crippen LogP contribution in [0, 0.1) is 0 Å². The minimum atomic E-state index is -2.06. The Kier molecular flexibility index (Phi) is 11.1. The third kappa shape index (κ3) is 9.33. The quantitative estimate of drug-likeness (QED) is 0.250. The van der Waals surface area contributed by atoms with Gasteiger partial charge in [-0.15, -0.1) is 5.09 Å². The molecule has 1 amide bonds. The number of methoxy groups -OCH3 is 1. The number of nitrogens with one attached hydrogen (secondary N) is 1. The fourth-order valence-electron chi connectivity index (χ4n) is 2.88. The summed E-state index contributed by atoms with van der Waals surface area (Å²) in [6.07, 6.45) is 2.48. The standard InChI is InChI=1S/C17H19N6O4P.C7H15NO2/c1-11(7-23-9-21-14-15(18)19-8-20-16(14)23)27-10-28(25)22-17(24)12-3-5-13(26-2)6-4-12;1-5(2)10-6(9)7(3,4)8/h3-6,8-9,11H,7,10H2,1-2H3,(H2-,18,19,20,22,24,25);5H,8H2,1-4H3/p+1. The van der Waals surface area contributed by atoms with Crippen LogP contribution >= 0.6 is 7.95 Å². The largest absolute Gasteiger partial charge is 0.497 e. The van der Waals surface area contributed by atoms with Crippen molar-refractivity contribution in [2.75, 3.05) is 19.2 Å². The van der Waals surface area contributed by atoms with Crippen LogP contribution in [0.2, 0.25) is 0 Å². The average Bonchev–Trinajstić information content (AvgIpc) is 3.26. The molecule has 0 spiro atoms. The van der Waals surface area contributed by atoms with Gasteiger partial charge in [-0.25, -0.2) is 15.0 Å². The summed E-state index contributed by atoms with van der Waals surface area (Å²) in [5.41, 5.74) is 11.9. The molecule has 38 heavy (non-hydrogen) atoms. The second kappa shape index (κ2) is 13.8. The number of imidazole rings is 1. The van der Waals surface area contributed by atoms with E-state index in [1.165, 1.54) is 6.33 Å². The number of nitrogens with two attached hydrogens (primary N) is 2. The summed E-state index contributed by atoms with van der Waals surface area (Å²) in [4.78, 5) is 35.3. The monoisotopic (exact) mass is 548 g/mol. The normalized spacial score (nSPS) is 12.4. The van der Waals surface area contributed by atoms with Gasteiger partial charge >= 0.3 is 13.9 Å². The molecule has 2 unspecified atom stereocenters. The van der Waals surface area contributed by atoms with Crippen LogP contribution < -0.4 is 21.3 Å². The maximum atomic E-state index is 12.1. The zero-order valence-electron chi connectivity index (χ0n) is 22.4. The molecule has 0 bridgehead atoms. The van der Waals surface area contributed by atoms with Crippen molar-refractivity contribution in [1.29, 1.82) is 0 Å². The summed E-state index contributed by atoms with van der Waals surface area (Å²) in [6, 6.07) is 6.51. The number of esters is 1. The topological polar surface area (TPSA) is 187 Å². The first kappa shape index (κ1) is 30.6. The van der Waals surface area contributed by atoms with Gasteiger partial charge in [0.15, 0.2) is 11.5 Å². The Balaban J connectivity index is 0.000000432. The van der Waals surface area contributed by atoms with Gasteiger partial charge in [0, 0.05) is 5.56 Å². The summed E-state index contributed by atoms with van der Waals surface area (Å²) < 4.78 is 29.4. The fraction of sp³-hybridized carbons (Fsp3) is 0.458. The number of carbonyl (C=O) groups is 2. The number of aromatic nitrogens is 4. The average molecular weight is 549 g/mol. The highest BCUT2D eigenvalue weighted by molar-refractivity contribution is 7.43. The maximum Gasteiger partial charge on any atom is 0.491 e. The molecule has 2 atom stereocenters. The first-order valence-electron chi connectivity index (χ1n) is 11.7. The SMILES string of the molecule is CC(C)OC(=O)C(C)(C)N.COc1ccc(C(=O)N[P+](=O)COC(C)Cn2cnc3c(N)ncnc32)cc1. The Hall–Kier alpha value is -3.67. The van der Waals surface area contributed by atoms with Crippen LogP contribution in [0.25, 0.3) is 11.2 Å². The number of ether oxygens (including phenoxy) is 3. The number of carbonyl (C=O) groups excluding carboxylic acids is 2. The molecule has 5 N–H and O–H groups in total. The number of hydrogen-bond acceptors (Lipinski definition) is 11. The van der Waals surface area contributed by atoms with E-state index in [1.54, 1.807) is 70.0 Å². The molecule has 2 heterocycles. The van der Waals surface area contributed by atoms with Gasteiger partial charge in [0.1, 0.15) is 23.1 Å². The number of amides is 1. The van der Waals surface area contributed by atoms with Gasteiger partial charge in [0.05, 0.1) is 32.2 Å². The molecule has 0 aliphatic rings. The van der Waals surface area contributed by atoms with E-state index >= 15 is 0 Å². The number of anilines is 1. The second-order valence-corrected chi connectivity index (χ2v) is 10.4. The van der Waals surface area contributed by atoms with Crippen molar-refractivity contribution in [2.24, 2.45) is 5.73 Å². The van der Waals surface area contributed by atoms with Crippen molar-refractivity contribution in [1.82, 2.24) is 24.6 Å². The van der Waals surface area contributed by atoms with Crippen LogP contribution in [0.15, 0.2) is 36.9 Å². The summed E-state index contributed by atoms with van der Waals surface area (Å²) in [5, 5.41) is 2.43. The van der Waals surface area contributed by atoms with E-state index < -0.39 is 19.4 Å². The molecule has 14 heteroatoms. The summed E-state index contributed by atoms with van der Waals surface area (Å²) in [6.45, 7) is 9.09. The number of hydrogen-bond donors (Lipinski definition) is 3. The zero-order valence-corrected chi connectivity index (χ0v) is 23.3. The molecule has 206 valence electrons. The van der Waals surface area contributed by atoms with Gasteiger partial charge in [-0.1, -0.05) is 0 Å². The molecule has 0 aliphatic heterocycles. The number of rotatable bonds is 10. The lowest BCUT2D eigenvalue weighted by molar-refractivity contribution is -0.152. The van der Waals surface area contributed by atoms with Gasteiger partial charge in [0.25, 0.3) is 12.3 Å². The number of nitrogen functional groups attached to an aromatic ring is 1. The van der Waals surface area contributed by atoms with Crippen LogP contribution in [0.3, 0.4) is 0 Å². The predicted molar refractivity (Wildman–Crippen MR) is 143 cm³/mol. The van der Waals surface area contributed by atoms with E-state index in [0.29, 0.717) is 34.8 Å². The predicted octanol–water partition coefficient (Wildman–Crippen LogP) is 2.63. The lowest BCUT2D eigenvalue weighted by atomic mass is 10.1. The van der Waals surface area contributed by atoms with Crippen LogP contribution in [0.1, 0.15) is 45.0 Å². The van der Waals surface area contributed by atoms with Gasteiger partial charge in [-0.05, 0) is 63.4 Å². The highest BCUT2D eigenvalue weighted by Gasteiger charge is 2.24. The third-order valence-corrected chi connectivity index (χ3v) is 5.64. The van der Waals surface area contributed by atoms with Crippen LogP contribution in [0.5, 0.6) is 5.75 Å². The van der Waals surface area contributed by atoms with Crippen LogP contribution in [-0.2, 0) is 25.4 Å². The highest BCUT2D eigenvalue weighted by Crippen LogP contribution is 2.20. The molecule has 0 radical (unpaired) electrons. The Bertz CT molecular complexity index is 1240. The van der Waals surface area contributed by atoms with Crippen LogP contribution in [-0.4, -0.2) is 62.6 Å². The highest BCUT2D eigenvalue weighted by atomic mass is 31.1. The smallest absolute Gasteiger partial charge is 0.491 e. The molecule has 0 aliphatic carbocycles. The van der Waals surface area contributed by atoms with E-state index in [4.69, 9.17) is 25.7 Å². The van der Waals surface area contributed by atoms with Crippen molar-refractivity contribution >= 4 is 36.8 Å². The summed E-state index contributed by atoms with van der Waals surface area (Å²) in [7, 11) is -0.523. The van der Waals surface area contributed by atoms with Crippen molar-refractivity contribution in [2.45, 2.75) is 58.9 Å². The molecule has 1 aromatic carbocycles. The molecule has 3 aromatic rings. The van der Waals surface area contributed by atoms with Crippen molar-refractivity contribution in [3.8, 4) is 5.75 Å². The molecule has 3 rings (SSSR count). The Morgan fingerprint density at radius 2 is 1.79 bits per heavy atom. The molecular weight excluding hydrogens is 513 g/mol. The maximum absolute atomic E-state index is 12.1. The van der Waals surface area contributed by atoms with E-state index in [9.17, 15) is 14.2 Å². The molecule has 0 saturated heterocycles. The lowest BCUT2D eigenvalue weighted by Gasteiger charge is -2.18. The first-order chi connectivity index (χ1) is 17.8. The van der Waals surface area contributed by atoms with E-state index in [2.05, 4.69) is 20.0 Å². The fourth-order valence-corrected chi connectivity index (χ4v) is 3.69. The Morgan fingerprint density at radius 3 is 2.34 bits per heavy atom. The van der Waals surface area contributed by atoms with E-state index in [1.807, 2.05) is 6.92 Å². The molecule has 13 nitrogen and oxygen atoms in total. The minimum absolute atomic E-state index is 0.0877. The Morgan fingerprint density at radius 1 is 1.13 bits per heavy atom. The van der Waals surface area contributed by atoms with E-state index in [-0.39, 0.29) is 24.5 Å². The van der Waals surface area contributed by atoms with Crippen molar-refractivity contribution in [3.05, 3.63) is 42.5 Å². The summed E-state index contributed by atoms with van der Waals surface area (Å²) in [5.74, 6) is 0.147. The van der Waals surface area contributed by atoms with Gasteiger partial charge < -0.3 is 30.2 Å². The molecule has 0 saturated carbocycles. The van der Waals surface area contributed by atoms with Crippen LogP contribution in [0.4, 0.5) is 5.82 Å². The van der Waals surface area contributed by atoms with E-state index in [0.717, 1.165) is 0 Å². The molecule has 0 fully saturated rings. The van der Waals surface area contributed by atoms with Gasteiger partial charge in [-0.3, -0.25) is 9.59 Å². The Labute approximate surface area is 222 Å². The number of fused-ring (bicyclic) bond motifs is 1. The lowest BCUT2D eigenvalue weighted by Crippen LogP contribution is -2.43.